The van der Waals surface area contributed by atoms with Crippen molar-refractivity contribution in [2.24, 2.45) is 0 Å². The van der Waals surface area contributed by atoms with E-state index in [2.05, 4.69) is 38.8 Å². The number of anilines is 3. The molecule has 4 heterocycles. The second-order valence-corrected chi connectivity index (χ2v) is 32.8. The van der Waals surface area contributed by atoms with Gasteiger partial charge in [-0.05, 0) is 129 Å². The molecule has 3 N–H and O–H groups in total. The van der Waals surface area contributed by atoms with Gasteiger partial charge in [0.25, 0.3) is 11.8 Å². The Balaban J connectivity index is 1.02. The van der Waals surface area contributed by atoms with Crippen LogP contribution in [0.2, 0.25) is 18.1 Å². The normalized spacial score (nSPS) is 18.8. The molecule has 466 valence electrons. The molecule has 0 saturated carbocycles. The molecule has 0 aliphatic carbocycles. The van der Waals surface area contributed by atoms with E-state index in [1.54, 1.807) is 41.6 Å². The number of nitrogens with zero attached hydrogens (tertiary/aromatic N) is 5. The molecule has 4 aliphatic heterocycles. The van der Waals surface area contributed by atoms with E-state index in [1.165, 1.54) is 42.2 Å². The molecule has 0 fully saturated rings. The lowest BCUT2D eigenvalue weighted by Gasteiger charge is -2.44. The maximum Gasteiger partial charge on any atom is 0.416 e. The van der Waals surface area contributed by atoms with Crippen LogP contribution in [-0.4, -0.2) is 152 Å². The molecular weight excluding hydrogens is 1250 g/mol. The van der Waals surface area contributed by atoms with Crippen LogP contribution in [0.15, 0.2) is 85.2 Å². The molecule has 0 radical (unpaired) electrons. The molecule has 4 atom stereocenters. The van der Waals surface area contributed by atoms with Crippen molar-refractivity contribution in [3.63, 3.8) is 0 Å². The van der Waals surface area contributed by atoms with Crippen LogP contribution < -0.4 is 39.2 Å². The standard InChI is InChI=1S/C60H72Cl6N6O13Si/c1-58(2,3)86(8,9)85-55-47-27-38(36-17-19-41(20-18-36)80-24-14-21-68(4)5)32-70(47)53(74)43-29-49(79-7)51(31-45(43)72(55)57(77)84-35-60(64,65)66)82-23-12-10-11-22-81-50-30-44-42(28-48(50)78-6)52(73)69-33-39(37-15-13-16-40(67)25-37)26-46(69)54(75)71(44)56(76)83-34-59(61,62)63/h13,15-20,25,28-33,46-47,54-55,75H,10-12,14,21-24,26-27,34-35,67H2,1-9H3/t46-,47-,54-,55-/m0/s1. The van der Waals surface area contributed by atoms with Gasteiger partial charge in [-0.15, -0.1) is 0 Å². The quantitative estimate of drug-likeness (QED) is 0.0345. The maximum absolute atomic E-state index is 15.1. The van der Waals surface area contributed by atoms with Crippen molar-refractivity contribution in [2.75, 3.05) is 83.4 Å². The van der Waals surface area contributed by atoms with Crippen LogP contribution in [0, 0.1) is 0 Å². The first-order valence-electron chi connectivity index (χ1n) is 27.9. The number of halogens is 6. The number of aliphatic hydroxyl groups excluding tert-OH is 1. The number of hydrogen-bond acceptors (Lipinski definition) is 15. The van der Waals surface area contributed by atoms with E-state index in [0.29, 0.717) is 43.6 Å². The van der Waals surface area contributed by atoms with E-state index in [9.17, 15) is 19.5 Å². The van der Waals surface area contributed by atoms with Crippen LogP contribution in [-0.2, 0) is 13.9 Å². The Morgan fingerprint density at radius 3 is 1.66 bits per heavy atom. The number of carbonyl (C=O) groups is 4. The first-order chi connectivity index (χ1) is 40.5. The van der Waals surface area contributed by atoms with Crippen molar-refractivity contribution in [2.45, 2.75) is 110 Å². The van der Waals surface area contributed by atoms with Crippen LogP contribution >= 0.6 is 69.6 Å². The van der Waals surface area contributed by atoms with Crippen molar-refractivity contribution in [3.05, 3.63) is 107 Å². The molecule has 86 heavy (non-hydrogen) atoms. The third kappa shape index (κ3) is 15.7. The lowest BCUT2D eigenvalue weighted by atomic mass is 10.0. The summed E-state index contributed by atoms with van der Waals surface area (Å²) in [5, 5.41) is 11.7. The largest absolute Gasteiger partial charge is 0.494 e. The molecule has 4 aromatic carbocycles. The third-order valence-corrected chi connectivity index (χ3v) is 20.6. The Hall–Kier alpha value is -5.52. The van der Waals surface area contributed by atoms with E-state index >= 15 is 4.79 Å². The van der Waals surface area contributed by atoms with Gasteiger partial charge in [-0.3, -0.25) is 9.59 Å². The highest BCUT2D eigenvalue weighted by Crippen LogP contribution is 2.48. The van der Waals surface area contributed by atoms with Gasteiger partial charge >= 0.3 is 12.2 Å². The molecule has 0 aromatic heterocycles. The second-order valence-electron chi connectivity index (χ2n) is 23.0. The Labute approximate surface area is 532 Å². The summed E-state index contributed by atoms with van der Waals surface area (Å²) in [6.07, 6.45) is 1.56. The van der Waals surface area contributed by atoms with E-state index in [1.807, 2.05) is 44.4 Å². The molecule has 4 aromatic rings. The smallest absolute Gasteiger partial charge is 0.416 e. The van der Waals surface area contributed by atoms with Gasteiger partial charge in [0, 0.05) is 36.8 Å². The van der Waals surface area contributed by atoms with Gasteiger partial charge in [-0.2, -0.15) is 0 Å². The number of ether oxygens (including phenoxy) is 7. The van der Waals surface area contributed by atoms with E-state index in [0.717, 1.165) is 40.3 Å². The number of alkyl halides is 6. The molecule has 0 bridgehead atoms. The summed E-state index contributed by atoms with van der Waals surface area (Å²) < 4.78 is 44.7. The number of nitrogens with two attached hydrogens (primary N) is 1. The number of rotatable bonds is 21. The van der Waals surface area contributed by atoms with Crippen molar-refractivity contribution in [1.29, 1.82) is 0 Å². The molecule has 26 heteroatoms. The molecule has 0 unspecified atom stereocenters. The fourth-order valence-electron chi connectivity index (χ4n) is 10.1. The van der Waals surface area contributed by atoms with Gasteiger partial charge in [-0.1, -0.05) is 115 Å². The highest BCUT2D eigenvalue weighted by molar-refractivity contribution is 6.74. The second kappa shape index (κ2) is 27.5. The molecular formula is C60H72Cl6N6O13Si. The van der Waals surface area contributed by atoms with Crippen LogP contribution in [0.1, 0.15) is 91.1 Å². The average Bonchev–Trinajstić information content (AvgIpc) is 1.62. The third-order valence-electron chi connectivity index (χ3n) is 15.5. The lowest BCUT2D eigenvalue weighted by Crippen LogP contribution is -2.58. The number of carbonyl (C=O) groups excluding carboxylic acids is 4. The van der Waals surface area contributed by atoms with E-state index in [-0.39, 0.29) is 70.2 Å². The number of nitrogen functional groups attached to an aromatic ring is 1. The number of hydrogen-bond donors (Lipinski definition) is 2. The Morgan fingerprint density at radius 2 is 1.15 bits per heavy atom. The molecule has 0 saturated heterocycles. The summed E-state index contributed by atoms with van der Waals surface area (Å²) in [6, 6.07) is 19.1. The van der Waals surface area contributed by atoms with E-state index in [4.69, 9.17) is 113 Å². The summed E-state index contributed by atoms with van der Waals surface area (Å²) in [5.74, 6) is 0.553. The monoisotopic (exact) mass is 1320 g/mol. The number of fused-ring (bicyclic) bond motifs is 4. The topological polar surface area (TPSA) is 205 Å². The molecule has 4 amide bonds. The van der Waals surface area contributed by atoms with Gasteiger partial charge in [-0.25, -0.2) is 19.4 Å². The SMILES string of the molecule is COc1cc2c(cc1OCCCCCOc1cc3c(cc1OC)C(=O)N1C=C(c4ccc(OCCCN(C)C)cc4)C[C@H]1[C@H](O[Si](C)(C)C(C)(C)C)N3C(=O)OCC(Cl)(Cl)Cl)N(C(=O)OCC(Cl)(Cl)Cl)[C@@H](O)[C@@H]1CC(c3cccc(N)c3)=CN1C2=O. The van der Waals surface area contributed by atoms with Crippen molar-refractivity contribution >= 4 is 130 Å². The fraction of sp³-hybridized carbons (Fsp3) is 0.467. The summed E-state index contributed by atoms with van der Waals surface area (Å²) in [4.78, 5) is 65.6. The Bertz CT molecular complexity index is 3210. The minimum atomic E-state index is -2.79. The van der Waals surface area contributed by atoms with Gasteiger partial charge < -0.3 is 63.1 Å². The summed E-state index contributed by atoms with van der Waals surface area (Å²) in [7, 11) is 4.11. The molecule has 19 nitrogen and oxygen atoms in total. The first kappa shape index (κ1) is 66.4. The molecule has 0 spiro atoms. The van der Waals surface area contributed by atoms with Crippen LogP contribution in [0.4, 0.5) is 26.7 Å². The summed E-state index contributed by atoms with van der Waals surface area (Å²) in [6.45, 7) is 10.8. The number of aliphatic hydroxyl groups is 1. The van der Waals surface area contributed by atoms with E-state index < -0.39 is 77.7 Å². The summed E-state index contributed by atoms with van der Waals surface area (Å²) in [5.41, 5.74) is 9.94. The van der Waals surface area contributed by atoms with Crippen LogP contribution in [0.25, 0.3) is 11.1 Å². The van der Waals surface area contributed by atoms with Crippen molar-refractivity contribution < 1.29 is 61.9 Å². The minimum Gasteiger partial charge on any atom is -0.494 e. The Morgan fingerprint density at radius 1 is 0.651 bits per heavy atom. The van der Waals surface area contributed by atoms with Gasteiger partial charge in [0.2, 0.25) is 7.59 Å². The lowest BCUT2D eigenvalue weighted by molar-refractivity contribution is 0.0553. The van der Waals surface area contributed by atoms with Gasteiger partial charge in [0.05, 0.1) is 68.6 Å². The zero-order chi connectivity index (χ0) is 62.6. The van der Waals surface area contributed by atoms with Crippen molar-refractivity contribution in [3.8, 4) is 28.7 Å². The number of benzene rings is 4. The average molecular weight is 1330 g/mol. The van der Waals surface area contributed by atoms with Crippen molar-refractivity contribution in [1.82, 2.24) is 14.7 Å². The minimum absolute atomic E-state index is 0.00370. The fourth-order valence-corrected chi connectivity index (χ4v) is 11.7. The predicted molar refractivity (Wildman–Crippen MR) is 338 cm³/mol. The zero-order valence-electron chi connectivity index (χ0n) is 49.3. The van der Waals surface area contributed by atoms with Gasteiger partial charge in [0.1, 0.15) is 19.0 Å². The van der Waals surface area contributed by atoms with Crippen LogP contribution in [0.5, 0.6) is 28.7 Å². The number of amides is 4. The number of unbranched alkanes of at least 4 members (excludes halogenated alkanes) is 2. The highest BCUT2D eigenvalue weighted by atomic mass is 35.6. The predicted octanol–water partition coefficient (Wildman–Crippen LogP) is 13.1. The zero-order valence-corrected chi connectivity index (χ0v) is 54.8. The maximum atomic E-state index is 15.1. The highest BCUT2D eigenvalue weighted by Gasteiger charge is 2.52. The Kier molecular flexibility index (Phi) is 21.2. The summed E-state index contributed by atoms with van der Waals surface area (Å²) >= 11 is 36.4. The molecule has 4 aliphatic rings. The number of methoxy groups -OCH3 is 2. The van der Waals surface area contributed by atoms with Gasteiger partial charge in [0.15, 0.2) is 43.8 Å². The van der Waals surface area contributed by atoms with Crippen LogP contribution in [0.3, 0.4) is 0 Å². The molecule has 8 rings (SSSR count). The first-order valence-corrected chi connectivity index (χ1v) is 33.1.